The van der Waals surface area contributed by atoms with Crippen LogP contribution in [0.3, 0.4) is 0 Å². The van der Waals surface area contributed by atoms with E-state index in [0.29, 0.717) is 12.1 Å². The zero-order valence-corrected chi connectivity index (χ0v) is 7.67. The van der Waals surface area contributed by atoms with E-state index in [1.165, 1.54) is 6.42 Å². The average molecular weight is 157 g/mol. The second-order valence-electron chi connectivity index (χ2n) is 4.08. The zero-order valence-electron chi connectivity index (χ0n) is 7.67. The van der Waals surface area contributed by atoms with Crippen molar-refractivity contribution in [2.24, 2.45) is 5.92 Å². The fraction of sp³-hybridized carbons (Fsp3) is 1.00. The summed E-state index contributed by atoms with van der Waals surface area (Å²) in [4.78, 5) is 0. The van der Waals surface area contributed by atoms with E-state index in [1.807, 2.05) is 6.92 Å². The van der Waals surface area contributed by atoms with Gasteiger partial charge < -0.3 is 10.4 Å². The maximum atomic E-state index is 9.42. The van der Waals surface area contributed by atoms with Gasteiger partial charge in [0.2, 0.25) is 0 Å². The Morgan fingerprint density at radius 3 is 2.55 bits per heavy atom. The van der Waals surface area contributed by atoms with Crippen molar-refractivity contribution in [2.45, 2.75) is 51.8 Å². The van der Waals surface area contributed by atoms with Crippen LogP contribution in [0.2, 0.25) is 0 Å². The van der Waals surface area contributed by atoms with Crippen LogP contribution in [0.15, 0.2) is 0 Å². The van der Waals surface area contributed by atoms with Crippen molar-refractivity contribution in [1.29, 1.82) is 0 Å². The van der Waals surface area contributed by atoms with Crippen molar-refractivity contribution in [1.82, 2.24) is 5.32 Å². The van der Waals surface area contributed by atoms with Gasteiger partial charge in [0.15, 0.2) is 0 Å². The van der Waals surface area contributed by atoms with E-state index in [2.05, 4.69) is 19.2 Å². The highest BCUT2D eigenvalue weighted by Crippen LogP contribution is 2.18. The smallest absolute Gasteiger partial charge is 0.0705 e. The number of hydrogen-bond donors (Lipinski definition) is 2. The van der Waals surface area contributed by atoms with Crippen LogP contribution >= 0.6 is 0 Å². The maximum absolute atomic E-state index is 9.42. The minimum atomic E-state index is -0.126. The number of nitrogens with one attached hydrogen (secondary N) is 1. The molecule has 1 rings (SSSR count). The Morgan fingerprint density at radius 1 is 1.55 bits per heavy atom. The predicted octanol–water partition coefficient (Wildman–Crippen LogP) is 1.14. The first-order chi connectivity index (χ1) is 5.09. The molecule has 0 aromatic rings. The molecule has 0 bridgehead atoms. The number of aliphatic hydroxyl groups excluding tert-OH is 1. The van der Waals surface area contributed by atoms with Crippen molar-refractivity contribution in [2.75, 3.05) is 0 Å². The SMILES string of the molecule is CC(C)C[C@@H]1C[C@H](O)[C@@H](C)N1. The molecule has 2 nitrogen and oxygen atoms in total. The van der Waals surface area contributed by atoms with E-state index >= 15 is 0 Å². The summed E-state index contributed by atoms with van der Waals surface area (Å²) in [5.41, 5.74) is 0. The lowest BCUT2D eigenvalue weighted by molar-refractivity contribution is 0.164. The number of hydrogen-bond acceptors (Lipinski definition) is 2. The minimum absolute atomic E-state index is 0.126. The molecule has 0 aromatic heterocycles. The first kappa shape index (κ1) is 9.01. The summed E-state index contributed by atoms with van der Waals surface area (Å²) in [5, 5.41) is 12.8. The second kappa shape index (κ2) is 3.55. The Kier molecular flexibility index (Phi) is 2.90. The minimum Gasteiger partial charge on any atom is -0.391 e. The van der Waals surface area contributed by atoms with E-state index in [4.69, 9.17) is 0 Å². The summed E-state index contributed by atoms with van der Waals surface area (Å²) < 4.78 is 0. The quantitative estimate of drug-likeness (QED) is 0.630. The molecule has 1 heterocycles. The van der Waals surface area contributed by atoms with E-state index in [-0.39, 0.29) is 6.10 Å². The van der Waals surface area contributed by atoms with Gasteiger partial charge in [-0.1, -0.05) is 13.8 Å². The van der Waals surface area contributed by atoms with Crippen LogP contribution in [0, 0.1) is 5.92 Å². The largest absolute Gasteiger partial charge is 0.391 e. The zero-order chi connectivity index (χ0) is 8.43. The van der Waals surface area contributed by atoms with Gasteiger partial charge in [-0.05, 0) is 25.7 Å². The first-order valence-electron chi connectivity index (χ1n) is 4.53. The lowest BCUT2D eigenvalue weighted by Crippen LogP contribution is -2.30. The van der Waals surface area contributed by atoms with Gasteiger partial charge in [0, 0.05) is 12.1 Å². The molecule has 3 atom stereocenters. The Labute approximate surface area is 69.0 Å². The molecule has 0 aromatic carbocycles. The lowest BCUT2D eigenvalue weighted by Gasteiger charge is -2.12. The highest BCUT2D eigenvalue weighted by molar-refractivity contribution is 4.88. The van der Waals surface area contributed by atoms with Gasteiger partial charge in [-0.2, -0.15) is 0 Å². The third-order valence-corrected chi connectivity index (χ3v) is 2.36. The van der Waals surface area contributed by atoms with Gasteiger partial charge in [-0.15, -0.1) is 0 Å². The summed E-state index contributed by atoms with van der Waals surface area (Å²) >= 11 is 0. The number of aliphatic hydroxyl groups is 1. The molecule has 0 aliphatic carbocycles. The van der Waals surface area contributed by atoms with Crippen molar-refractivity contribution >= 4 is 0 Å². The second-order valence-corrected chi connectivity index (χ2v) is 4.08. The maximum Gasteiger partial charge on any atom is 0.0705 e. The van der Waals surface area contributed by atoms with Crippen LogP contribution in [-0.2, 0) is 0 Å². The van der Waals surface area contributed by atoms with Gasteiger partial charge in [-0.25, -0.2) is 0 Å². The fourth-order valence-corrected chi connectivity index (χ4v) is 1.78. The molecule has 1 saturated heterocycles. The highest BCUT2D eigenvalue weighted by Gasteiger charge is 2.28. The summed E-state index contributed by atoms with van der Waals surface area (Å²) in [6.07, 6.45) is 1.99. The summed E-state index contributed by atoms with van der Waals surface area (Å²) in [5.74, 6) is 0.727. The average Bonchev–Trinajstić information content (AvgIpc) is 2.10. The summed E-state index contributed by atoms with van der Waals surface area (Å²) in [6, 6.07) is 0.832. The molecule has 11 heavy (non-hydrogen) atoms. The predicted molar refractivity (Wildman–Crippen MR) is 46.5 cm³/mol. The Morgan fingerprint density at radius 2 is 2.18 bits per heavy atom. The highest BCUT2D eigenvalue weighted by atomic mass is 16.3. The molecule has 0 saturated carbocycles. The molecule has 2 N–H and O–H groups in total. The lowest BCUT2D eigenvalue weighted by atomic mass is 10.0. The Bertz CT molecular complexity index is 112. The first-order valence-corrected chi connectivity index (χ1v) is 4.53. The van der Waals surface area contributed by atoms with Crippen LogP contribution < -0.4 is 5.32 Å². The van der Waals surface area contributed by atoms with Gasteiger partial charge in [-0.3, -0.25) is 0 Å². The molecular weight excluding hydrogens is 138 g/mol. The Balaban J connectivity index is 2.29. The number of rotatable bonds is 2. The van der Waals surface area contributed by atoms with Gasteiger partial charge in [0.25, 0.3) is 0 Å². The molecule has 0 spiro atoms. The van der Waals surface area contributed by atoms with Crippen molar-refractivity contribution in [3.8, 4) is 0 Å². The third kappa shape index (κ3) is 2.46. The molecule has 66 valence electrons. The van der Waals surface area contributed by atoms with Crippen LogP contribution in [0.25, 0.3) is 0 Å². The summed E-state index contributed by atoms with van der Waals surface area (Å²) in [7, 11) is 0. The monoisotopic (exact) mass is 157 g/mol. The van der Waals surface area contributed by atoms with Gasteiger partial charge in [0.05, 0.1) is 6.10 Å². The topological polar surface area (TPSA) is 32.3 Å². The van der Waals surface area contributed by atoms with Crippen molar-refractivity contribution in [3.63, 3.8) is 0 Å². The molecular formula is C9H19NO. The molecule has 1 aliphatic rings. The summed E-state index contributed by atoms with van der Waals surface area (Å²) in [6.45, 7) is 6.49. The van der Waals surface area contributed by atoms with Crippen LogP contribution in [0.5, 0.6) is 0 Å². The van der Waals surface area contributed by atoms with Crippen LogP contribution in [0.4, 0.5) is 0 Å². The standard InChI is InChI=1S/C9H19NO/c1-6(2)4-8-5-9(11)7(3)10-8/h6-11H,4-5H2,1-3H3/t7-,8-,9+/m1/s1. The van der Waals surface area contributed by atoms with Crippen molar-refractivity contribution < 1.29 is 5.11 Å². The van der Waals surface area contributed by atoms with Gasteiger partial charge >= 0.3 is 0 Å². The van der Waals surface area contributed by atoms with E-state index < -0.39 is 0 Å². The molecule has 1 fully saturated rings. The molecule has 0 radical (unpaired) electrons. The fourth-order valence-electron chi connectivity index (χ4n) is 1.78. The van der Waals surface area contributed by atoms with E-state index in [9.17, 15) is 5.11 Å². The van der Waals surface area contributed by atoms with Gasteiger partial charge in [0.1, 0.15) is 0 Å². The molecule has 1 aliphatic heterocycles. The molecule has 2 heteroatoms. The third-order valence-electron chi connectivity index (χ3n) is 2.36. The van der Waals surface area contributed by atoms with E-state index in [1.54, 1.807) is 0 Å². The molecule has 0 amide bonds. The Hall–Kier alpha value is -0.0800. The normalized spacial score (nSPS) is 38.5. The van der Waals surface area contributed by atoms with Crippen LogP contribution in [-0.4, -0.2) is 23.3 Å². The van der Waals surface area contributed by atoms with Crippen molar-refractivity contribution in [3.05, 3.63) is 0 Å². The van der Waals surface area contributed by atoms with E-state index in [0.717, 1.165) is 12.3 Å². The van der Waals surface area contributed by atoms with Crippen LogP contribution in [0.1, 0.15) is 33.6 Å². The molecule has 0 unspecified atom stereocenters.